The van der Waals surface area contributed by atoms with Crippen LogP contribution in [0.25, 0.3) is 11.5 Å². The summed E-state index contributed by atoms with van der Waals surface area (Å²) in [5.74, 6) is 2.58. The van der Waals surface area contributed by atoms with Gasteiger partial charge in [0.05, 0.1) is 12.3 Å². The number of carbonyl (C=O) groups is 1. The maximum absolute atomic E-state index is 12.0. The highest BCUT2D eigenvalue weighted by Crippen LogP contribution is 2.29. The van der Waals surface area contributed by atoms with Crippen LogP contribution in [0.15, 0.2) is 52.9 Å². The number of rotatable bonds is 5. The first-order chi connectivity index (χ1) is 12.6. The topological polar surface area (TPSA) is 52.3 Å². The summed E-state index contributed by atoms with van der Waals surface area (Å²) in [6.07, 6.45) is 1.47. The molecule has 1 aliphatic carbocycles. The minimum Gasteiger partial charge on any atom is -0.493 e. The molecule has 132 valence electrons. The molecule has 0 fully saturated rings. The van der Waals surface area contributed by atoms with Crippen molar-refractivity contribution < 1.29 is 13.9 Å². The molecule has 0 amide bonds. The second kappa shape index (κ2) is 6.79. The molecule has 1 unspecified atom stereocenters. The molecule has 0 aliphatic heterocycles. The molecule has 1 aromatic heterocycles. The van der Waals surface area contributed by atoms with Gasteiger partial charge in [0.25, 0.3) is 0 Å². The fourth-order valence-corrected chi connectivity index (χ4v) is 3.39. The van der Waals surface area contributed by atoms with E-state index in [1.54, 1.807) is 0 Å². The van der Waals surface area contributed by atoms with Gasteiger partial charge in [-0.1, -0.05) is 25.1 Å². The van der Waals surface area contributed by atoms with Gasteiger partial charge >= 0.3 is 0 Å². The van der Waals surface area contributed by atoms with Crippen LogP contribution in [0.4, 0.5) is 0 Å². The molecule has 3 aromatic rings. The number of ketones is 1. The lowest BCUT2D eigenvalue weighted by atomic mass is 10.1. The third-order valence-corrected chi connectivity index (χ3v) is 4.84. The van der Waals surface area contributed by atoms with E-state index in [1.807, 2.05) is 62.4 Å². The molecule has 1 aliphatic rings. The molecule has 0 bridgehead atoms. The van der Waals surface area contributed by atoms with E-state index in [9.17, 15) is 4.79 Å². The Morgan fingerprint density at radius 3 is 2.81 bits per heavy atom. The van der Waals surface area contributed by atoms with Crippen molar-refractivity contribution in [2.24, 2.45) is 5.92 Å². The van der Waals surface area contributed by atoms with Gasteiger partial charge in [0.2, 0.25) is 5.89 Å². The van der Waals surface area contributed by atoms with Crippen molar-refractivity contribution in [1.29, 1.82) is 0 Å². The summed E-state index contributed by atoms with van der Waals surface area (Å²) >= 11 is 0. The zero-order valence-corrected chi connectivity index (χ0v) is 15.0. The van der Waals surface area contributed by atoms with Crippen LogP contribution >= 0.6 is 0 Å². The van der Waals surface area contributed by atoms with Crippen LogP contribution in [-0.2, 0) is 12.8 Å². The number of hydrogen-bond acceptors (Lipinski definition) is 4. The quantitative estimate of drug-likeness (QED) is 0.674. The van der Waals surface area contributed by atoms with Gasteiger partial charge in [-0.3, -0.25) is 4.79 Å². The normalized spacial score (nSPS) is 15.9. The van der Waals surface area contributed by atoms with E-state index >= 15 is 0 Å². The first-order valence-corrected chi connectivity index (χ1v) is 8.93. The van der Waals surface area contributed by atoms with Crippen molar-refractivity contribution in [1.82, 2.24) is 4.98 Å². The van der Waals surface area contributed by atoms with Crippen LogP contribution in [-0.4, -0.2) is 17.4 Å². The van der Waals surface area contributed by atoms with Gasteiger partial charge < -0.3 is 9.15 Å². The van der Waals surface area contributed by atoms with E-state index in [0.717, 1.165) is 40.3 Å². The first kappa shape index (κ1) is 16.6. The molecular weight excluding hydrogens is 326 g/mol. The number of hydrogen-bond donors (Lipinski definition) is 0. The molecule has 1 heterocycles. The number of benzene rings is 2. The summed E-state index contributed by atoms with van der Waals surface area (Å²) < 4.78 is 11.7. The molecule has 0 saturated carbocycles. The number of aromatic nitrogens is 1. The minimum atomic E-state index is 0.0782. The lowest BCUT2D eigenvalue weighted by Gasteiger charge is -2.07. The number of carbonyl (C=O) groups excluding carboxylic acids is 1. The van der Waals surface area contributed by atoms with Crippen LogP contribution in [0, 0.1) is 12.8 Å². The standard InChI is InChI=1S/C22H21NO3/c1-14-12-17-13-18(8-9-19(17)21(14)24)25-11-10-20-15(2)26-22(23-20)16-6-4-3-5-7-16/h3-9,13-14H,10-12H2,1-2H3. The number of ether oxygens (including phenoxy) is 1. The summed E-state index contributed by atoms with van der Waals surface area (Å²) in [6.45, 7) is 4.42. The zero-order chi connectivity index (χ0) is 18.1. The van der Waals surface area contributed by atoms with Crippen LogP contribution in [0.2, 0.25) is 0 Å². The van der Waals surface area contributed by atoms with Gasteiger partial charge in [0, 0.05) is 23.5 Å². The highest BCUT2D eigenvalue weighted by atomic mass is 16.5. The minimum absolute atomic E-state index is 0.0782. The Hall–Kier alpha value is -2.88. The van der Waals surface area contributed by atoms with Gasteiger partial charge in [0.15, 0.2) is 5.78 Å². The molecule has 4 rings (SSSR count). The maximum Gasteiger partial charge on any atom is 0.226 e. The highest BCUT2D eigenvalue weighted by molar-refractivity contribution is 6.02. The Bertz CT molecular complexity index is 943. The van der Waals surface area contributed by atoms with Crippen molar-refractivity contribution in [2.45, 2.75) is 26.7 Å². The SMILES string of the molecule is Cc1oc(-c2ccccc2)nc1CCOc1ccc2c(c1)CC(C)C2=O. The zero-order valence-electron chi connectivity index (χ0n) is 15.0. The van der Waals surface area contributed by atoms with Gasteiger partial charge in [-0.05, 0) is 49.2 Å². The molecule has 0 N–H and O–H groups in total. The third kappa shape index (κ3) is 3.15. The van der Waals surface area contributed by atoms with E-state index in [0.29, 0.717) is 18.9 Å². The Labute approximate surface area is 152 Å². The fraction of sp³-hybridized carbons (Fsp3) is 0.273. The van der Waals surface area contributed by atoms with E-state index < -0.39 is 0 Å². The Morgan fingerprint density at radius 1 is 1.19 bits per heavy atom. The summed E-state index contributed by atoms with van der Waals surface area (Å²) in [7, 11) is 0. The van der Waals surface area contributed by atoms with Crippen molar-refractivity contribution >= 4 is 5.78 Å². The summed E-state index contributed by atoms with van der Waals surface area (Å²) in [4.78, 5) is 16.6. The smallest absolute Gasteiger partial charge is 0.226 e. The predicted molar refractivity (Wildman–Crippen MR) is 99.5 cm³/mol. The summed E-state index contributed by atoms with van der Waals surface area (Å²) in [5.41, 5.74) is 3.81. The van der Waals surface area contributed by atoms with E-state index in [-0.39, 0.29) is 11.7 Å². The Morgan fingerprint density at radius 2 is 2.00 bits per heavy atom. The Balaban J connectivity index is 1.41. The second-order valence-corrected chi connectivity index (χ2v) is 6.77. The third-order valence-electron chi connectivity index (χ3n) is 4.84. The summed E-state index contributed by atoms with van der Waals surface area (Å²) in [6, 6.07) is 15.6. The van der Waals surface area contributed by atoms with Crippen molar-refractivity contribution in [3.8, 4) is 17.2 Å². The number of nitrogens with zero attached hydrogens (tertiary/aromatic N) is 1. The highest BCUT2D eigenvalue weighted by Gasteiger charge is 2.26. The molecule has 2 aromatic carbocycles. The fourth-order valence-electron chi connectivity index (χ4n) is 3.39. The van der Waals surface area contributed by atoms with Crippen LogP contribution in [0.5, 0.6) is 5.75 Å². The molecule has 26 heavy (non-hydrogen) atoms. The average molecular weight is 347 g/mol. The largest absolute Gasteiger partial charge is 0.493 e. The molecular formula is C22H21NO3. The predicted octanol–water partition coefficient (Wildman–Crippen LogP) is 4.65. The van der Waals surface area contributed by atoms with Gasteiger partial charge in [-0.2, -0.15) is 0 Å². The van der Waals surface area contributed by atoms with Crippen LogP contribution in [0.3, 0.4) is 0 Å². The molecule has 0 radical (unpaired) electrons. The van der Waals surface area contributed by atoms with E-state index in [1.165, 1.54) is 0 Å². The molecule has 4 heteroatoms. The van der Waals surface area contributed by atoms with Crippen molar-refractivity contribution in [3.05, 3.63) is 71.1 Å². The van der Waals surface area contributed by atoms with E-state index in [2.05, 4.69) is 4.98 Å². The second-order valence-electron chi connectivity index (χ2n) is 6.77. The number of fused-ring (bicyclic) bond motifs is 1. The number of Topliss-reactive ketones (excluding diaryl/α,β-unsaturated/α-hetero) is 1. The molecule has 4 nitrogen and oxygen atoms in total. The molecule has 1 atom stereocenters. The van der Waals surface area contributed by atoms with E-state index in [4.69, 9.17) is 9.15 Å². The maximum atomic E-state index is 12.0. The van der Waals surface area contributed by atoms with Crippen LogP contribution < -0.4 is 4.74 Å². The Kier molecular flexibility index (Phi) is 4.33. The lowest BCUT2D eigenvalue weighted by Crippen LogP contribution is -2.03. The van der Waals surface area contributed by atoms with Gasteiger partial charge in [0.1, 0.15) is 11.5 Å². The van der Waals surface area contributed by atoms with Crippen molar-refractivity contribution in [2.75, 3.05) is 6.61 Å². The monoisotopic (exact) mass is 347 g/mol. The number of aryl methyl sites for hydroxylation is 1. The lowest BCUT2D eigenvalue weighted by molar-refractivity contribution is 0.0946. The van der Waals surface area contributed by atoms with Crippen molar-refractivity contribution in [3.63, 3.8) is 0 Å². The average Bonchev–Trinajstić information content (AvgIpc) is 3.16. The summed E-state index contributed by atoms with van der Waals surface area (Å²) in [5, 5.41) is 0. The van der Waals surface area contributed by atoms with Gasteiger partial charge in [-0.15, -0.1) is 0 Å². The van der Waals surface area contributed by atoms with Crippen LogP contribution in [0.1, 0.15) is 34.3 Å². The van der Waals surface area contributed by atoms with Gasteiger partial charge in [-0.25, -0.2) is 4.98 Å². The molecule has 0 spiro atoms. The number of oxazole rings is 1. The molecule has 0 saturated heterocycles. The first-order valence-electron chi connectivity index (χ1n) is 8.93.